The van der Waals surface area contributed by atoms with Crippen LogP contribution in [0.2, 0.25) is 5.02 Å². The summed E-state index contributed by atoms with van der Waals surface area (Å²) in [7, 11) is 0. The molecule has 1 rings (SSSR count). The van der Waals surface area contributed by atoms with Crippen LogP contribution in [0.3, 0.4) is 0 Å². The molecule has 0 radical (unpaired) electrons. The van der Waals surface area contributed by atoms with Crippen molar-refractivity contribution in [2.45, 2.75) is 26.3 Å². The minimum absolute atomic E-state index is 0.125. The van der Waals surface area contributed by atoms with E-state index in [0.717, 1.165) is 0 Å². The fourth-order valence-electron chi connectivity index (χ4n) is 1.38. The van der Waals surface area contributed by atoms with Gasteiger partial charge in [-0.1, -0.05) is 25.4 Å². The second-order valence-electron chi connectivity index (χ2n) is 4.21. The predicted molar refractivity (Wildman–Crippen MR) is 72.6 cm³/mol. The number of nitrogens with zero attached hydrogens (tertiary/aromatic N) is 1. The quantitative estimate of drug-likeness (QED) is 0.860. The summed E-state index contributed by atoms with van der Waals surface area (Å²) < 4.78 is 0. The van der Waals surface area contributed by atoms with Gasteiger partial charge in [0.15, 0.2) is 0 Å². The molecule has 0 heterocycles. The number of anilines is 1. The number of carbonyl (C=O) groups excluding carboxylic acids is 1. The second kappa shape index (κ2) is 7.00. The Morgan fingerprint density at radius 2 is 2.22 bits per heavy atom. The second-order valence-corrected chi connectivity index (χ2v) is 4.62. The summed E-state index contributed by atoms with van der Waals surface area (Å²) in [6.45, 7) is 4.65. The Hall–Kier alpha value is -1.57. The van der Waals surface area contributed by atoms with E-state index in [-0.39, 0.29) is 5.91 Å². The molecular formula is C13H16ClN3O. The van der Waals surface area contributed by atoms with Crippen molar-refractivity contribution >= 4 is 23.2 Å². The molecule has 1 aromatic carbocycles. The van der Waals surface area contributed by atoms with Gasteiger partial charge in [0.1, 0.15) is 0 Å². The van der Waals surface area contributed by atoms with Gasteiger partial charge >= 0.3 is 0 Å². The maximum atomic E-state index is 11.7. The molecule has 0 spiro atoms. The topological polar surface area (TPSA) is 64.9 Å². The monoisotopic (exact) mass is 265 g/mol. The number of amides is 1. The summed E-state index contributed by atoms with van der Waals surface area (Å²) in [6.07, 6.45) is 0.366. The zero-order valence-corrected chi connectivity index (χ0v) is 11.2. The Labute approximate surface area is 112 Å². The molecule has 0 aromatic heterocycles. The molecule has 1 aromatic rings. The maximum Gasteiger partial charge on any atom is 0.225 e. The minimum Gasteiger partial charge on any atom is -0.325 e. The summed E-state index contributed by atoms with van der Waals surface area (Å²) in [5.74, 6) is -0.125. The van der Waals surface area contributed by atoms with Gasteiger partial charge in [-0.25, -0.2) is 0 Å². The van der Waals surface area contributed by atoms with Crippen molar-refractivity contribution in [2.24, 2.45) is 0 Å². The van der Waals surface area contributed by atoms with Gasteiger partial charge in [-0.3, -0.25) is 4.79 Å². The van der Waals surface area contributed by atoms with Gasteiger partial charge in [-0.05, 0) is 18.2 Å². The average Bonchev–Trinajstić information content (AvgIpc) is 2.31. The lowest BCUT2D eigenvalue weighted by Gasteiger charge is -2.09. The van der Waals surface area contributed by atoms with Gasteiger partial charge in [0.2, 0.25) is 5.91 Å². The van der Waals surface area contributed by atoms with Gasteiger partial charge in [0.25, 0.3) is 0 Å². The average molecular weight is 266 g/mol. The van der Waals surface area contributed by atoms with Crippen LogP contribution in [0, 0.1) is 11.3 Å². The highest BCUT2D eigenvalue weighted by Gasteiger charge is 2.07. The third kappa shape index (κ3) is 4.74. The van der Waals surface area contributed by atoms with Crippen LogP contribution >= 0.6 is 11.6 Å². The fourth-order valence-corrected chi connectivity index (χ4v) is 1.54. The first-order chi connectivity index (χ1) is 8.52. The third-order valence-corrected chi connectivity index (χ3v) is 2.60. The minimum atomic E-state index is -0.125. The zero-order valence-electron chi connectivity index (χ0n) is 10.5. The smallest absolute Gasteiger partial charge is 0.225 e. The Balaban J connectivity index is 2.56. The zero-order chi connectivity index (χ0) is 13.5. The van der Waals surface area contributed by atoms with Crippen LogP contribution in [0.5, 0.6) is 0 Å². The number of halogens is 1. The molecule has 0 aliphatic carbocycles. The van der Waals surface area contributed by atoms with Crippen molar-refractivity contribution in [3.8, 4) is 6.07 Å². The van der Waals surface area contributed by atoms with Crippen LogP contribution in [-0.4, -0.2) is 18.5 Å². The van der Waals surface area contributed by atoms with Gasteiger partial charge in [-0.2, -0.15) is 5.26 Å². The number of carbonyl (C=O) groups is 1. The molecule has 2 N–H and O–H groups in total. The van der Waals surface area contributed by atoms with Gasteiger partial charge in [0.05, 0.1) is 22.3 Å². The normalized spacial score (nSPS) is 10.2. The van der Waals surface area contributed by atoms with Crippen LogP contribution in [0.25, 0.3) is 0 Å². The van der Waals surface area contributed by atoms with Crippen molar-refractivity contribution in [1.82, 2.24) is 5.32 Å². The summed E-state index contributed by atoms with van der Waals surface area (Å²) in [5.41, 5.74) is 0.945. The van der Waals surface area contributed by atoms with Crippen molar-refractivity contribution in [3.05, 3.63) is 28.8 Å². The molecular weight excluding hydrogens is 250 g/mol. The Bertz CT molecular complexity index is 466. The molecule has 0 atom stereocenters. The van der Waals surface area contributed by atoms with Crippen LogP contribution in [0.4, 0.5) is 5.69 Å². The largest absolute Gasteiger partial charge is 0.325 e. The molecule has 0 bridgehead atoms. The van der Waals surface area contributed by atoms with E-state index >= 15 is 0 Å². The number of hydrogen-bond acceptors (Lipinski definition) is 3. The number of hydrogen-bond donors (Lipinski definition) is 2. The highest BCUT2D eigenvalue weighted by molar-refractivity contribution is 6.33. The highest BCUT2D eigenvalue weighted by atomic mass is 35.5. The predicted octanol–water partition coefficient (Wildman–Crippen LogP) is 2.54. The van der Waals surface area contributed by atoms with E-state index in [4.69, 9.17) is 16.9 Å². The molecule has 5 heteroatoms. The number of nitriles is 1. The molecule has 0 aliphatic heterocycles. The highest BCUT2D eigenvalue weighted by Crippen LogP contribution is 2.22. The SMILES string of the molecule is CC(C)NCCC(=O)Nc1cc(C#N)ccc1Cl. The lowest BCUT2D eigenvalue weighted by molar-refractivity contribution is -0.116. The number of rotatable bonds is 5. The maximum absolute atomic E-state index is 11.7. The first-order valence-corrected chi connectivity index (χ1v) is 6.13. The van der Waals surface area contributed by atoms with Gasteiger partial charge < -0.3 is 10.6 Å². The Morgan fingerprint density at radius 1 is 1.50 bits per heavy atom. The van der Waals surface area contributed by atoms with Gasteiger partial charge in [-0.15, -0.1) is 0 Å². The molecule has 0 unspecified atom stereocenters. The molecule has 0 saturated heterocycles. The molecule has 96 valence electrons. The van der Waals surface area contributed by atoms with E-state index < -0.39 is 0 Å². The van der Waals surface area contributed by atoms with Crippen molar-refractivity contribution in [3.63, 3.8) is 0 Å². The standard InChI is InChI=1S/C13H16ClN3O/c1-9(2)16-6-5-13(18)17-12-7-10(8-15)3-4-11(12)14/h3-4,7,9,16H,5-6H2,1-2H3,(H,17,18). The first kappa shape index (κ1) is 14.5. The van der Waals surface area contributed by atoms with E-state index in [1.165, 1.54) is 0 Å². The summed E-state index contributed by atoms with van der Waals surface area (Å²) in [5, 5.41) is 15.1. The summed E-state index contributed by atoms with van der Waals surface area (Å²) >= 11 is 5.94. The number of benzene rings is 1. The van der Waals surface area contributed by atoms with Crippen LogP contribution in [0.15, 0.2) is 18.2 Å². The fraction of sp³-hybridized carbons (Fsp3) is 0.385. The van der Waals surface area contributed by atoms with E-state index in [1.807, 2.05) is 19.9 Å². The first-order valence-electron chi connectivity index (χ1n) is 5.76. The van der Waals surface area contributed by atoms with E-state index in [9.17, 15) is 4.79 Å². The van der Waals surface area contributed by atoms with Crippen molar-refractivity contribution < 1.29 is 4.79 Å². The van der Waals surface area contributed by atoms with Crippen LogP contribution < -0.4 is 10.6 Å². The van der Waals surface area contributed by atoms with Gasteiger partial charge in [0, 0.05) is 19.0 Å². The molecule has 1 amide bonds. The molecule has 0 saturated carbocycles. The van der Waals surface area contributed by atoms with Crippen LogP contribution in [0.1, 0.15) is 25.8 Å². The summed E-state index contributed by atoms with van der Waals surface area (Å²) in [6, 6.07) is 7.13. The van der Waals surface area contributed by atoms with Crippen molar-refractivity contribution in [2.75, 3.05) is 11.9 Å². The van der Waals surface area contributed by atoms with Crippen LogP contribution in [-0.2, 0) is 4.79 Å². The van der Waals surface area contributed by atoms with E-state index in [2.05, 4.69) is 10.6 Å². The molecule has 0 aliphatic rings. The Morgan fingerprint density at radius 3 is 2.83 bits per heavy atom. The molecule has 18 heavy (non-hydrogen) atoms. The third-order valence-electron chi connectivity index (χ3n) is 2.27. The lowest BCUT2D eigenvalue weighted by atomic mass is 10.2. The number of nitrogens with one attached hydrogen (secondary N) is 2. The molecule has 0 fully saturated rings. The van der Waals surface area contributed by atoms with Crippen molar-refractivity contribution in [1.29, 1.82) is 5.26 Å². The van der Waals surface area contributed by atoms with E-state index in [1.54, 1.807) is 18.2 Å². The molecule has 4 nitrogen and oxygen atoms in total. The Kier molecular flexibility index (Phi) is 5.63. The summed E-state index contributed by atoms with van der Waals surface area (Å²) in [4.78, 5) is 11.7. The van der Waals surface area contributed by atoms with E-state index in [0.29, 0.717) is 35.3 Å². The lowest BCUT2D eigenvalue weighted by Crippen LogP contribution is -2.27.